The molecule has 0 saturated heterocycles. The Morgan fingerprint density at radius 2 is 1.85 bits per heavy atom. The van der Waals surface area contributed by atoms with Crippen molar-refractivity contribution in [2.75, 3.05) is 20.0 Å². The third-order valence-electron chi connectivity index (χ3n) is 3.21. The molecule has 0 atom stereocenters. The summed E-state index contributed by atoms with van der Waals surface area (Å²) in [4.78, 5) is 0. The molecule has 2 N–H and O–H groups in total. The van der Waals surface area contributed by atoms with Gasteiger partial charge < -0.3 is 15.2 Å². The largest absolute Gasteiger partial charge is 0.497 e. The van der Waals surface area contributed by atoms with Crippen LogP contribution in [0, 0.1) is 0 Å². The number of aromatic nitrogens is 2. The molecular formula is C15H19N3O2. The number of methoxy groups -OCH3 is 2. The predicted molar refractivity (Wildman–Crippen MR) is 78.2 cm³/mol. The van der Waals surface area contributed by atoms with Crippen LogP contribution in [0.3, 0.4) is 0 Å². The first-order valence-corrected chi connectivity index (χ1v) is 6.49. The van der Waals surface area contributed by atoms with Crippen LogP contribution in [0.2, 0.25) is 0 Å². The van der Waals surface area contributed by atoms with Crippen LogP contribution in [0.4, 0.5) is 5.82 Å². The van der Waals surface area contributed by atoms with Crippen LogP contribution in [0.5, 0.6) is 11.5 Å². The van der Waals surface area contributed by atoms with E-state index in [1.807, 2.05) is 24.3 Å². The average molecular weight is 273 g/mol. The highest BCUT2D eigenvalue weighted by atomic mass is 16.5. The van der Waals surface area contributed by atoms with E-state index >= 15 is 0 Å². The first-order valence-electron chi connectivity index (χ1n) is 6.49. The maximum absolute atomic E-state index is 5.68. The Morgan fingerprint density at radius 1 is 1.05 bits per heavy atom. The maximum Gasteiger partial charge on any atom is 0.146 e. The Kier molecular flexibility index (Phi) is 4.40. The zero-order valence-electron chi connectivity index (χ0n) is 12.0. The van der Waals surface area contributed by atoms with Crippen molar-refractivity contribution in [1.82, 2.24) is 10.2 Å². The molecule has 5 heteroatoms. The summed E-state index contributed by atoms with van der Waals surface area (Å²) >= 11 is 0. The molecule has 0 amide bonds. The molecule has 0 unspecified atom stereocenters. The van der Waals surface area contributed by atoms with E-state index in [0.717, 1.165) is 34.7 Å². The minimum atomic E-state index is 0.451. The summed E-state index contributed by atoms with van der Waals surface area (Å²) in [6.07, 6.45) is 1.52. The van der Waals surface area contributed by atoms with Crippen molar-refractivity contribution in [2.45, 2.75) is 19.8 Å². The first-order chi connectivity index (χ1) is 9.67. The van der Waals surface area contributed by atoms with Crippen molar-refractivity contribution in [2.24, 2.45) is 0 Å². The normalized spacial score (nSPS) is 10.3. The van der Waals surface area contributed by atoms with Crippen molar-refractivity contribution in [1.29, 1.82) is 0 Å². The zero-order valence-corrected chi connectivity index (χ0v) is 12.0. The van der Waals surface area contributed by atoms with E-state index in [9.17, 15) is 0 Å². The Morgan fingerprint density at radius 3 is 2.50 bits per heavy atom. The number of hydrogen-bond donors (Lipinski definition) is 1. The summed E-state index contributed by atoms with van der Waals surface area (Å²) in [5.74, 6) is 2.00. The molecule has 2 aromatic rings. The van der Waals surface area contributed by atoms with Gasteiger partial charge in [0.15, 0.2) is 0 Å². The van der Waals surface area contributed by atoms with Crippen molar-refractivity contribution in [3.63, 3.8) is 0 Å². The molecule has 1 aromatic carbocycles. The number of nitrogens with zero attached hydrogens (tertiary/aromatic N) is 2. The fourth-order valence-corrected chi connectivity index (χ4v) is 2.11. The molecule has 0 aliphatic heterocycles. The number of nitrogen functional groups attached to an aromatic ring is 1. The third-order valence-corrected chi connectivity index (χ3v) is 3.21. The summed E-state index contributed by atoms with van der Waals surface area (Å²) in [5, 5.41) is 8.14. The molecule has 1 heterocycles. The molecule has 1 aromatic heterocycles. The Bertz CT molecular complexity index is 600. The molecule has 0 bridgehead atoms. The first kappa shape index (κ1) is 14.1. The van der Waals surface area contributed by atoms with E-state index in [4.69, 9.17) is 15.2 Å². The van der Waals surface area contributed by atoms with Crippen LogP contribution < -0.4 is 15.2 Å². The third kappa shape index (κ3) is 2.99. The van der Waals surface area contributed by atoms with E-state index in [0.29, 0.717) is 12.2 Å². The number of hydrogen-bond acceptors (Lipinski definition) is 5. The molecule has 0 fully saturated rings. The summed E-state index contributed by atoms with van der Waals surface area (Å²) in [6, 6.07) is 7.63. The van der Waals surface area contributed by atoms with E-state index in [1.54, 1.807) is 14.2 Å². The molecule has 20 heavy (non-hydrogen) atoms. The second kappa shape index (κ2) is 6.23. The lowest BCUT2D eigenvalue weighted by atomic mass is 10.0. The van der Waals surface area contributed by atoms with Crippen LogP contribution in [0.1, 0.15) is 23.7 Å². The van der Waals surface area contributed by atoms with Crippen molar-refractivity contribution < 1.29 is 9.47 Å². The lowest BCUT2D eigenvalue weighted by Crippen LogP contribution is -2.04. The Labute approximate surface area is 118 Å². The van der Waals surface area contributed by atoms with Gasteiger partial charge in [0.25, 0.3) is 0 Å². The minimum Gasteiger partial charge on any atom is -0.497 e. The molecule has 0 saturated carbocycles. The standard InChI is InChI=1S/C15H19N3O2/c1-4-10-8-15(16)18-17-13(10)7-11-5-6-12(19-2)9-14(11)20-3/h5-6,8-9H,4,7H2,1-3H3,(H2,16,18). The van der Waals surface area contributed by atoms with Crippen LogP contribution in [-0.2, 0) is 12.8 Å². The van der Waals surface area contributed by atoms with Gasteiger partial charge in [-0.2, -0.15) is 5.10 Å². The van der Waals surface area contributed by atoms with E-state index < -0.39 is 0 Å². The van der Waals surface area contributed by atoms with Crippen molar-refractivity contribution in [3.05, 3.63) is 41.1 Å². The Balaban J connectivity index is 2.34. The molecule has 5 nitrogen and oxygen atoms in total. The molecule has 0 aliphatic rings. The monoisotopic (exact) mass is 273 g/mol. The highest BCUT2D eigenvalue weighted by Gasteiger charge is 2.10. The van der Waals surface area contributed by atoms with Gasteiger partial charge in [-0.1, -0.05) is 13.0 Å². The highest BCUT2D eigenvalue weighted by molar-refractivity contribution is 5.44. The Hall–Kier alpha value is -2.30. The van der Waals surface area contributed by atoms with Gasteiger partial charge in [-0.05, 0) is 24.1 Å². The summed E-state index contributed by atoms with van der Waals surface area (Å²) in [6.45, 7) is 2.07. The average Bonchev–Trinajstić information content (AvgIpc) is 2.49. The van der Waals surface area contributed by atoms with Gasteiger partial charge in [0, 0.05) is 18.1 Å². The van der Waals surface area contributed by atoms with E-state index in [1.165, 1.54) is 0 Å². The number of anilines is 1. The second-order valence-corrected chi connectivity index (χ2v) is 4.45. The highest BCUT2D eigenvalue weighted by Crippen LogP contribution is 2.27. The minimum absolute atomic E-state index is 0.451. The number of rotatable bonds is 5. The number of nitrogens with two attached hydrogens (primary N) is 1. The zero-order chi connectivity index (χ0) is 14.5. The fraction of sp³-hybridized carbons (Fsp3) is 0.333. The predicted octanol–water partition coefficient (Wildman–Crippen LogP) is 2.23. The lowest BCUT2D eigenvalue weighted by molar-refractivity contribution is 0.391. The summed E-state index contributed by atoms with van der Waals surface area (Å²) in [5.41, 5.74) is 8.75. The summed E-state index contributed by atoms with van der Waals surface area (Å²) in [7, 11) is 3.28. The van der Waals surface area contributed by atoms with Crippen LogP contribution >= 0.6 is 0 Å². The molecular weight excluding hydrogens is 254 g/mol. The van der Waals surface area contributed by atoms with Crippen LogP contribution in [-0.4, -0.2) is 24.4 Å². The number of ether oxygens (including phenoxy) is 2. The van der Waals surface area contributed by atoms with Gasteiger partial charge in [0.05, 0.1) is 19.9 Å². The van der Waals surface area contributed by atoms with Gasteiger partial charge in [0.2, 0.25) is 0 Å². The van der Waals surface area contributed by atoms with Gasteiger partial charge in [-0.15, -0.1) is 5.10 Å². The molecule has 0 spiro atoms. The number of aryl methyl sites for hydroxylation is 1. The van der Waals surface area contributed by atoms with Crippen LogP contribution in [0.25, 0.3) is 0 Å². The molecule has 0 radical (unpaired) electrons. The van der Waals surface area contributed by atoms with Crippen molar-refractivity contribution >= 4 is 5.82 Å². The molecule has 0 aliphatic carbocycles. The van der Waals surface area contributed by atoms with Gasteiger partial charge >= 0.3 is 0 Å². The van der Waals surface area contributed by atoms with Gasteiger partial charge in [-0.25, -0.2) is 0 Å². The second-order valence-electron chi connectivity index (χ2n) is 4.45. The molecule has 2 rings (SSSR count). The van der Waals surface area contributed by atoms with Gasteiger partial charge in [-0.3, -0.25) is 0 Å². The summed E-state index contributed by atoms with van der Waals surface area (Å²) < 4.78 is 10.6. The maximum atomic E-state index is 5.68. The fourth-order valence-electron chi connectivity index (χ4n) is 2.11. The number of benzene rings is 1. The molecule has 106 valence electrons. The van der Waals surface area contributed by atoms with E-state index in [-0.39, 0.29) is 0 Å². The van der Waals surface area contributed by atoms with Gasteiger partial charge in [0.1, 0.15) is 17.3 Å². The van der Waals surface area contributed by atoms with Crippen molar-refractivity contribution in [3.8, 4) is 11.5 Å². The lowest BCUT2D eigenvalue weighted by Gasteiger charge is -2.11. The van der Waals surface area contributed by atoms with E-state index in [2.05, 4.69) is 17.1 Å². The topological polar surface area (TPSA) is 70.3 Å². The van der Waals surface area contributed by atoms with Crippen LogP contribution in [0.15, 0.2) is 24.3 Å². The quantitative estimate of drug-likeness (QED) is 0.904. The smallest absolute Gasteiger partial charge is 0.146 e. The SMILES string of the molecule is CCc1cc(N)nnc1Cc1ccc(OC)cc1OC.